The number of aromatic nitrogens is 2. The van der Waals surface area contributed by atoms with Crippen LogP contribution in [0, 0.1) is 5.92 Å². The molecule has 3 unspecified atom stereocenters. The number of nitrogens with zero attached hydrogens (tertiary/aromatic N) is 3. The van der Waals surface area contributed by atoms with E-state index in [1.807, 2.05) is 28.8 Å². The van der Waals surface area contributed by atoms with Crippen LogP contribution in [-0.4, -0.2) is 39.2 Å². The van der Waals surface area contributed by atoms with Crippen molar-refractivity contribution in [2.24, 2.45) is 11.7 Å². The van der Waals surface area contributed by atoms with Crippen LogP contribution in [0.25, 0.3) is 0 Å². The fourth-order valence-corrected chi connectivity index (χ4v) is 3.85. The van der Waals surface area contributed by atoms with Crippen molar-refractivity contribution in [2.75, 3.05) is 13.1 Å². The van der Waals surface area contributed by atoms with E-state index in [-0.39, 0.29) is 17.4 Å². The van der Waals surface area contributed by atoms with Gasteiger partial charge in [0.25, 0.3) is 0 Å². The Hall–Kier alpha value is -1.36. The largest absolute Gasteiger partial charge is 0.340 e. The number of carbonyl (C=O) groups is 1. The summed E-state index contributed by atoms with van der Waals surface area (Å²) in [5.41, 5.74) is 6.05. The molecular formula is C16H26N4O. The van der Waals surface area contributed by atoms with Gasteiger partial charge in [-0.1, -0.05) is 12.8 Å². The lowest BCUT2D eigenvalue weighted by Crippen LogP contribution is -2.55. The molecule has 3 atom stereocenters. The maximum absolute atomic E-state index is 12.9. The van der Waals surface area contributed by atoms with Crippen molar-refractivity contribution in [2.45, 2.75) is 57.0 Å². The molecule has 1 amide bonds. The van der Waals surface area contributed by atoms with Gasteiger partial charge in [-0.2, -0.15) is 5.10 Å². The predicted octanol–water partition coefficient (Wildman–Crippen LogP) is 1.95. The molecule has 1 aromatic heterocycles. The fraction of sp³-hybridized carbons (Fsp3) is 0.750. The molecule has 1 aliphatic heterocycles. The first-order valence-corrected chi connectivity index (χ1v) is 8.15. The Morgan fingerprint density at radius 2 is 2.19 bits per heavy atom. The summed E-state index contributed by atoms with van der Waals surface area (Å²) in [7, 11) is 0. The van der Waals surface area contributed by atoms with Crippen LogP contribution in [0.2, 0.25) is 0 Å². The van der Waals surface area contributed by atoms with Crippen LogP contribution in [0.4, 0.5) is 0 Å². The van der Waals surface area contributed by atoms with Gasteiger partial charge in [-0.25, -0.2) is 0 Å². The van der Waals surface area contributed by atoms with Crippen molar-refractivity contribution in [3.63, 3.8) is 0 Å². The minimum atomic E-state index is -0.339. The predicted molar refractivity (Wildman–Crippen MR) is 81.6 cm³/mol. The van der Waals surface area contributed by atoms with Crippen LogP contribution in [0.5, 0.6) is 0 Å². The van der Waals surface area contributed by atoms with E-state index < -0.39 is 0 Å². The van der Waals surface area contributed by atoms with Crippen molar-refractivity contribution < 1.29 is 4.79 Å². The lowest BCUT2D eigenvalue weighted by molar-refractivity contribution is -0.140. The van der Waals surface area contributed by atoms with Gasteiger partial charge in [0.05, 0.1) is 12.0 Å². The van der Waals surface area contributed by atoms with E-state index in [1.54, 1.807) is 6.20 Å². The molecular weight excluding hydrogens is 264 g/mol. The number of nitrogens with two attached hydrogens (primary N) is 1. The molecule has 0 spiro atoms. The standard InChI is InChI=1S/C16H26N4O/c1-16(17)8-3-2-7-14(16)15(21)19-10-4-6-13(12-19)20-11-5-9-18-20/h5,9,11,13-14H,2-4,6-8,10,12,17H2,1H3. The average Bonchev–Trinajstić information content (AvgIpc) is 3.00. The highest BCUT2D eigenvalue weighted by Gasteiger charge is 2.40. The van der Waals surface area contributed by atoms with Gasteiger partial charge in [0.2, 0.25) is 5.91 Å². The van der Waals surface area contributed by atoms with Crippen molar-refractivity contribution in [3.05, 3.63) is 18.5 Å². The Bertz CT molecular complexity index is 482. The number of piperidine rings is 1. The molecule has 1 saturated heterocycles. The zero-order chi connectivity index (χ0) is 14.9. The highest BCUT2D eigenvalue weighted by atomic mass is 16.2. The smallest absolute Gasteiger partial charge is 0.227 e. The van der Waals surface area contributed by atoms with E-state index in [1.165, 1.54) is 0 Å². The molecule has 1 aromatic rings. The van der Waals surface area contributed by atoms with Gasteiger partial charge in [-0.15, -0.1) is 0 Å². The molecule has 116 valence electrons. The van der Waals surface area contributed by atoms with Gasteiger partial charge < -0.3 is 10.6 Å². The maximum Gasteiger partial charge on any atom is 0.227 e. The topological polar surface area (TPSA) is 64.2 Å². The van der Waals surface area contributed by atoms with E-state index in [0.717, 1.165) is 51.6 Å². The molecule has 2 heterocycles. The number of likely N-dealkylation sites (tertiary alicyclic amines) is 1. The summed E-state index contributed by atoms with van der Waals surface area (Å²) in [5, 5.41) is 4.33. The highest BCUT2D eigenvalue weighted by Crippen LogP contribution is 2.34. The van der Waals surface area contributed by atoms with E-state index in [2.05, 4.69) is 5.10 Å². The molecule has 2 N–H and O–H groups in total. The zero-order valence-corrected chi connectivity index (χ0v) is 12.9. The van der Waals surface area contributed by atoms with Gasteiger partial charge in [0.1, 0.15) is 0 Å². The monoisotopic (exact) mass is 290 g/mol. The lowest BCUT2D eigenvalue weighted by Gasteiger charge is -2.42. The first kappa shape index (κ1) is 14.6. The Balaban J connectivity index is 1.69. The maximum atomic E-state index is 12.9. The van der Waals surface area contributed by atoms with Crippen molar-refractivity contribution >= 4 is 5.91 Å². The van der Waals surface area contributed by atoms with Gasteiger partial charge in [-0.05, 0) is 38.7 Å². The second kappa shape index (κ2) is 5.79. The minimum absolute atomic E-state index is 0.0115. The van der Waals surface area contributed by atoms with Crippen molar-refractivity contribution in [1.82, 2.24) is 14.7 Å². The van der Waals surface area contributed by atoms with E-state index >= 15 is 0 Å². The molecule has 0 bridgehead atoms. The molecule has 0 radical (unpaired) electrons. The molecule has 21 heavy (non-hydrogen) atoms. The fourth-order valence-electron chi connectivity index (χ4n) is 3.85. The quantitative estimate of drug-likeness (QED) is 0.905. The van der Waals surface area contributed by atoms with E-state index in [9.17, 15) is 4.79 Å². The Labute approximate surface area is 126 Å². The number of rotatable bonds is 2. The molecule has 0 aromatic carbocycles. The summed E-state index contributed by atoms with van der Waals surface area (Å²) in [4.78, 5) is 14.9. The third-order valence-corrected chi connectivity index (χ3v) is 5.16. The summed E-state index contributed by atoms with van der Waals surface area (Å²) in [6.07, 6.45) is 10.1. The highest BCUT2D eigenvalue weighted by molar-refractivity contribution is 5.80. The van der Waals surface area contributed by atoms with Gasteiger partial charge in [-0.3, -0.25) is 9.48 Å². The van der Waals surface area contributed by atoms with Crippen LogP contribution >= 0.6 is 0 Å². The molecule has 2 aliphatic rings. The van der Waals surface area contributed by atoms with E-state index in [4.69, 9.17) is 5.73 Å². The van der Waals surface area contributed by atoms with Gasteiger partial charge in [0, 0.05) is 31.0 Å². The number of carbonyl (C=O) groups excluding carboxylic acids is 1. The number of hydrogen-bond donors (Lipinski definition) is 1. The third-order valence-electron chi connectivity index (χ3n) is 5.16. The molecule has 2 fully saturated rings. The third kappa shape index (κ3) is 2.98. The van der Waals surface area contributed by atoms with Crippen LogP contribution < -0.4 is 5.73 Å². The van der Waals surface area contributed by atoms with Crippen molar-refractivity contribution in [1.29, 1.82) is 0 Å². The average molecular weight is 290 g/mol. The van der Waals surface area contributed by atoms with Crippen LogP contribution in [0.15, 0.2) is 18.5 Å². The second-order valence-corrected chi connectivity index (χ2v) is 6.87. The minimum Gasteiger partial charge on any atom is -0.340 e. The number of amides is 1. The summed E-state index contributed by atoms with van der Waals surface area (Å²) in [5.74, 6) is 0.249. The molecule has 5 heteroatoms. The van der Waals surface area contributed by atoms with Crippen LogP contribution in [-0.2, 0) is 4.79 Å². The molecule has 5 nitrogen and oxygen atoms in total. The van der Waals surface area contributed by atoms with Gasteiger partial charge in [0.15, 0.2) is 0 Å². The first-order valence-electron chi connectivity index (χ1n) is 8.15. The Kier molecular flexibility index (Phi) is 4.02. The van der Waals surface area contributed by atoms with Crippen molar-refractivity contribution in [3.8, 4) is 0 Å². The zero-order valence-electron chi connectivity index (χ0n) is 12.9. The van der Waals surface area contributed by atoms with E-state index in [0.29, 0.717) is 6.04 Å². The SMILES string of the molecule is CC1(N)CCCCC1C(=O)N1CCCC(n2cccn2)C1. The van der Waals surface area contributed by atoms with Crippen LogP contribution in [0.3, 0.4) is 0 Å². The summed E-state index contributed by atoms with van der Waals surface area (Å²) in [6, 6.07) is 2.25. The Morgan fingerprint density at radius 1 is 1.33 bits per heavy atom. The normalized spacial score (nSPS) is 33.9. The first-order chi connectivity index (χ1) is 10.1. The molecule has 3 rings (SSSR count). The van der Waals surface area contributed by atoms with Gasteiger partial charge >= 0.3 is 0 Å². The Morgan fingerprint density at radius 3 is 2.90 bits per heavy atom. The summed E-state index contributed by atoms with van der Waals surface area (Å²) < 4.78 is 1.99. The summed E-state index contributed by atoms with van der Waals surface area (Å²) in [6.45, 7) is 3.68. The molecule has 1 aliphatic carbocycles. The van der Waals surface area contributed by atoms with Crippen LogP contribution in [0.1, 0.15) is 51.5 Å². The number of hydrogen-bond acceptors (Lipinski definition) is 3. The second-order valence-electron chi connectivity index (χ2n) is 6.87. The summed E-state index contributed by atoms with van der Waals surface area (Å²) >= 11 is 0. The molecule has 1 saturated carbocycles. The lowest BCUT2D eigenvalue weighted by atomic mass is 9.74.